The fourth-order valence-corrected chi connectivity index (χ4v) is 7.28. The molecule has 0 amide bonds. The smallest absolute Gasteiger partial charge is 0.303 e. The summed E-state index contributed by atoms with van der Waals surface area (Å²) in [7, 11) is 0. The van der Waals surface area contributed by atoms with Gasteiger partial charge in [0, 0.05) is 50.7 Å². The number of aliphatic carboxylic acids is 1. The van der Waals surface area contributed by atoms with Crippen molar-refractivity contribution in [3.05, 3.63) is 12.2 Å². The van der Waals surface area contributed by atoms with Gasteiger partial charge in [-0.05, 0) is 76.0 Å². The molecule has 2 aliphatic carbocycles. The van der Waals surface area contributed by atoms with Gasteiger partial charge in [-0.15, -0.1) is 0 Å². The molecule has 2 heterocycles. The number of Topliss-reactive ketones (excluding diaryl/α,β-unsaturated/α-hetero) is 2. The molecule has 0 aromatic carbocycles. The highest BCUT2D eigenvalue weighted by Crippen LogP contribution is 2.40. The second kappa shape index (κ2) is 17.6. The van der Waals surface area contributed by atoms with Gasteiger partial charge in [0.1, 0.15) is 11.6 Å². The van der Waals surface area contributed by atoms with Crippen LogP contribution in [-0.4, -0.2) is 60.6 Å². The van der Waals surface area contributed by atoms with E-state index in [1.165, 1.54) is 25.7 Å². The molecule has 2 unspecified atom stereocenters. The number of carbonyl (C=O) groups is 3. The van der Waals surface area contributed by atoms with Crippen LogP contribution < -0.4 is 0 Å². The van der Waals surface area contributed by atoms with Crippen LogP contribution in [0.4, 0.5) is 0 Å². The molecular weight excluding hydrogens is 536 g/mol. The summed E-state index contributed by atoms with van der Waals surface area (Å²) in [6.07, 6.45) is 18.4. The second-order valence-electron chi connectivity index (χ2n) is 13.0. The van der Waals surface area contributed by atoms with Crippen LogP contribution in [0.15, 0.2) is 12.2 Å². The molecule has 42 heavy (non-hydrogen) atoms. The Labute approximate surface area is 252 Å². The molecule has 2 aliphatic heterocycles. The summed E-state index contributed by atoms with van der Waals surface area (Å²) in [6, 6.07) is 0. The standard InChI is InChI=1S/C34H54O8/c1-2-3-10-24-15-16-25(21-24)30(41-33-13-6-8-19-39-33)18-17-27-28(22-26(35)11-4-5-12-32(37)38)29(36)23-31(27)42-34-14-7-9-20-40-34/h17-18,24-25,27-28,30-31,33-34H,2-16,19-23H2,1H3,(H,37,38)/b18-17+/t24-,25-,27+,28+,30-,31+,33?,34?/m0/s1. The van der Waals surface area contributed by atoms with Crippen LogP contribution in [0.1, 0.15) is 122 Å². The molecule has 238 valence electrons. The van der Waals surface area contributed by atoms with Gasteiger partial charge in [-0.3, -0.25) is 14.4 Å². The third-order valence-electron chi connectivity index (χ3n) is 9.70. The molecule has 2 saturated heterocycles. The van der Waals surface area contributed by atoms with E-state index >= 15 is 0 Å². The Morgan fingerprint density at radius 2 is 1.71 bits per heavy atom. The van der Waals surface area contributed by atoms with E-state index in [1.54, 1.807) is 0 Å². The zero-order chi connectivity index (χ0) is 29.7. The molecule has 8 nitrogen and oxygen atoms in total. The van der Waals surface area contributed by atoms with Gasteiger partial charge in [0.25, 0.3) is 0 Å². The van der Waals surface area contributed by atoms with Crippen molar-refractivity contribution in [2.24, 2.45) is 23.7 Å². The first-order valence-corrected chi connectivity index (χ1v) is 16.9. The topological polar surface area (TPSA) is 108 Å². The van der Waals surface area contributed by atoms with Crippen molar-refractivity contribution < 1.29 is 38.4 Å². The Bertz CT molecular complexity index is 875. The van der Waals surface area contributed by atoms with Crippen LogP contribution in [0.2, 0.25) is 0 Å². The molecule has 0 aromatic heterocycles. The van der Waals surface area contributed by atoms with Crippen molar-refractivity contribution in [1.82, 2.24) is 0 Å². The monoisotopic (exact) mass is 590 g/mol. The predicted molar refractivity (Wildman–Crippen MR) is 159 cm³/mol. The normalized spacial score (nSPS) is 32.9. The van der Waals surface area contributed by atoms with E-state index in [-0.39, 0.29) is 61.5 Å². The maximum atomic E-state index is 13.3. The van der Waals surface area contributed by atoms with Gasteiger partial charge in [-0.25, -0.2) is 0 Å². The van der Waals surface area contributed by atoms with Crippen molar-refractivity contribution in [3.63, 3.8) is 0 Å². The predicted octanol–water partition coefficient (Wildman–Crippen LogP) is 6.78. The molecule has 4 fully saturated rings. The number of ether oxygens (including phenoxy) is 4. The minimum absolute atomic E-state index is 0.0182. The Morgan fingerprint density at radius 3 is 2.40 bits per heavy atom. The van der Waals surface area contributed by atoms with E-state index in [0.29, 0.717) is 31.8 Å². The van der Waals surface area contributed by atoms with E-state index < -0.39 is 11.9 Å². The molecular formula is C34H54O8. The molecule has 0 aromatic rings. The Hall–Kier alpha value is -1.61. The third kappa shape index (κ3) is 10.5. The van der Waals surface area contributed by atoms with Gasteiger partial charge in [-0.1, -0.05) is 44.8 Å². The van der Waals surface area contributed by atoms with Crippen LogP contribution in [-0.2, 0) is 33.3 Å². The number of carbonyl (C=O) groups excluding carboxylic acids is 2. The zero-order valence-electron chi connectivity index (χ0n) is 25.7. The number of unbranched alkanes of at least 4 members (excludes halogenated alkanes) is 2. The fourth-order valence-electron chi connectivity index (χ4n) is 7.28. The lowest BCUT2D eigenvalue weighted by atomic mass is 9.87. The van der Waals surface area contributed by atoms with Gasteiger partial charge < -0.3 is 24.1 Å². The van der Waals surface area contributed by atoms with Gasteiger partial charge in [0.15, 0.2) is 12.6 Å². The van der Waals surface area contributed by atoms with Crippen LogP contribution in [0.3, 0.4) is 0 Å². The Morgan fingerprint density at radius 1 is 0.976 bits per heavy atom. The number of rotatable bonds is 17. The summed E-state index contributed by atoms with van der Waals surface area (Å²) < 4.78 is 24.9. The van der Waals surface area contributed by atoms with Crippen molar-refractivity contribution >= 4 is 17.5 Å². The molecule has 4 rings (SSSR count). The highest BCUT2D eigenvalue weighted by molar-refractivity contribution is 5.90. The highest BCUT2D eigenvalue weighted by atomic mass is 16.7. The van der Waals surface area contributed by atoms with Crippen LogP contribution >= 0.6 is 0 Å². The van der Waals surface area contributed by atoms with Gasteiger partial charge in [0.05, 0.1) is 12.2 Å². The van der Waals surface area contributed by atoms with E-state index in [9.17, 15) is 14.4 Å². The number of carboxylic acid groups (broad SMARTS) is 1. The van der Waals surface area contributed by atoms with E-state index in [0.717, 1.165) is 63.9 Å². The lowest BCUT2D eigenvalue weighted by Crippen LogP contribution is -2.32. The van der Waals surface area contributed by atoms with Crippen molar-refractivity contribution in [2.45, 2.75) is 147 Å². The average Bonchev–Trinajstić information content (AvgIpc) is 3.57. The summed E-state index contributed by atoms with van der Waals surface area (Å²) >= 11 is 0. The Kier molecular flexibility index (Phi) is 14.0. The third-order valence-corrected chi connectivity index (χ3v) is 9.70. The number of hydrogen-bond donors (Lipinski definition) is 1. The molecule has 8 heteroatoms. The highest BCUT2D eigenvalue weighted by Gasteiger charge is 2.44. The van der Waals surface area contributed by atoms with Gasteiger partial charge in [0.2, 0.25) is 0 Å². The largest absolute Gasteiger partial charge is 0.481 e. The number of hydrogen-bond acceptors (Lipinski definition) is 7. The molecule has 2 saturated carbocycles. The summed E-state index contributed by atoms with van der Waals surface area (Å²) in [6.45, 7) is 3.65. The van der Waals surface area contributed by atoms with E-state index in [4.69, 9.17) is 24.1 Å². The van der Waals surface area contributed by atoms with E-state index in [1.807, 2.05) is 0 Å². The van der Waals surface area contributed by atoms with Crippen molar-refractivity contribution in [3.8, 4) is 0 Å². The van der Waals surface area contributed by atoms with Crippen LogP contribution in [0.25, 0.3) is 0 Å². The minimum atomic E-state index is -0.849. The average molecular weight is 591 g/mol. The van der Waals surface area contributed by atoms with Crippen LogP contribution in [0, 0.1) is 23.7 Å². The molecule has 8 atom stereocenters. The first-order valence-electron chi connectivity index (χ1n) is 16.9. The maximum Gasteiger partial charge on any atom is 0.303 e. The van der Waals surface area contributed by atoms with Crippen molar-refractivity contribution in [2.75, 3.05) is 13.2 Å². The molecule has 1 N–H and O–H groups in total. The van der Waals surface area contributed by atoms with Crippen molar-refractivity contribution in [1.29, 1.82) is 0 Å². The minimum Gasteiger partial charge on any atom is -0.481 e. The van der Waals surface area contributed by atoms with Gasteiger partial charge >= 0.3 is 5.97 Å². The van der Waals surface area contributed by atoms with Gasteiger partial charge in [-0.2, -0.15) is 0 Å². The quantitative estimate of drug-likeness (QED) is 0.146. The lowest BCUT2D eigenvalue weighted by molar-refractivity contribution is -0.193. The lowest BCUT2D eigenvalue weighted by Gasteiger charge is -2.31. The summed E-state index contributed by atoms with van der Waals surface area (Å²) in [5.74, 6) is -0.265. The maximum absolute atomic E-state index is 13.3. The first kappa shape index (κ1) is 33.3. The summed E-state index contributed by atoms with van der Waals surface area (Å²) in [5, 5.41) is 8.90. The SMILES string of the molecule is CCCC[C@H]1CC[C@H]([C@H](/C=C/[C@H]2[C@H](OC3CCCCO3)CC(=O)[C@@H]2CC(=O)CCCCC(=O)O)OC2CCCCO2)C1. The summed E-state index contributed by atoms with van der Waals surface area (Å²) in [4.78, 5) is 37.1. The second-order valence-corrected chi connectivity index (χ2v) is 13.0. The number of carboxylic acids is 1. The molecule has 0 spiro atoms. The van der Waals surface area contributed by atoms with Crippen LogP contribution in [0.5, 0.6) is 0 Å². The molecule has 0 bridgehead atoms. The van der Waals surface area contributed by atoms with E-state index in [2.05, 4.69) is 19.1 Å². The Balaban J connectivity index is 1.47. The first-order chi connectivity index (χ1) is 20.4. The molecule has 4 aliphatic rings. The fraction of sp³-hybridized carbons (Fsp3) is 0.853. The number of ketones is 2. The summed E-state index contributed by atoms with van der Waals surface area (Å²) in [5.41, 5.74) is 0. The molecule has 0 radical (unpaired) electrons. The zero-order valence-corrected chi connectivity index (χ0v) is 25.7.